The van der Waals surface area contributed by atoms with Crippen molar-refractivity contribution < 1.29 is 13.9 Å². The SMILES string of the molecule is COc1ccc(CCCC(=O)N/N=C\c2cn(Cc3ccc(F)cc3)c3ccccc23)c(C)c1. The lowest BCUT2D eigenvalue weighted by molar-refractivity contribution is -0.121. The number of fused-ring (bicyclic) bond motifs is 1. The quantitative estimate of drug-likeness (QED) is 0.262. The van der Waals surface area contributed by atoms with Crippen molar-refractivity contribution in [3.8, 4) is 5.75 Å². The first-order valence-corrected chi connectivity index (χ1v) is 11.3. The molecular formula is C28H28FN3O2. The highest BCUT2D eigenvalue weighted by Crippen LogP contribution is 2.22. The number of carbonyl (C=O) groups is 1. The molecule has 0 spiro atoms. The van der Waals surface area contributed by atoms with Crippen molar-refractivity contribution in [2.45, 2.75) is 32.7 Å². The number of hydrazone groups is 1. The molecule has 0 saturated carbocycles. The Morgan fingerprint density at radius 3 is 2.68 bits per heavy atom. The van der Waals surface area contributed by atoms with Gasteiger partial charge in [-0.25, -0.2) is 9.82 Å². The maximum absolute atomic E-state index is 13.2. The number of rotatable bonds is 9. The first kappa shape index (κ1) is 23.2. The third kappa shape index (κ3) is 5.70. The Morgan fingerprint density at radius 2 is 1.91 bits per heavy atom. The molecule has 1 N–H and O–H groups in total. The van der Waals surface area contributed by atoms with Crippen molar-refractivity contribution in [3.05, 3.63) is 101 Å². The number of amides is 1. The first-order chi connectivity index (χ1) is 16.5. The summed E-state index contributed by atoms with van der Waals surface area (Å²) in [5.41, 5.74) is 7.98. The summed E-state index contributed by atoms with van der Waals surface area (Å²) >= 11 is 0. The van der Waals surface area contributed by atoms with E-state index in [1.807, 2.05) is 48.7 Å². The number of aromatic nitrogens is 1. The Hall–Kier alpha value is -3.93. The fourth-order valence-corrected chi connectivity index (χ4v) is 4.04. The predicted molar refractivity (Wildman–Crippen MR) is 134 cm³/mol. The van der Waals surface area contributed by atoms with Crippen LogP contribution in [0.15, 0.2) is 78.0 Å². The van der Waals surface area contributed by atoms with Crippen LogP contribution in [-0.2, 0) is 17.8 Å². The smallest absolute Gasteiger partial charge is 0.240 e. The molecule has 0 atom stereocenters. The number of para-hydroxylation sites is 1. The molecule has 0 aliphatic rings. The van der Waals surface area contributed by atoms with E-state index in [2.05, 4.69) is 22.0 Å². The summed E-state index contributed by atoms with van der Waals surface area (Å²) in [6.07, 6.45) is 5.63. The summed E-state index contributed by atoms with van der Waals surface area (Å²) in [5, 5.41) is 5.22. The number of nitrogens with one attached hydrogen (secondary N) is 1. The number of methoxy groups -OCH3 is 1. The summed E-state index contributed by atoms with van der Waals surface area (Å²) in [5.74, 6) is 0.480. The van der Waals surface area contributed by atoms with E-state index >= 15 is 0 Å². The van der Waals surface area contributed by atoms with Gasteiger partial charge in [-0.15, -0.1) is 0 Å². The second-order valence-corrected chi connectivity index (χ2v) is 8.30. The molecule has 0 fully saturated rings. The lowest BCUT2D eigenvalue weighted by Gasteiger charge is -2.07. The van der Waals surface area contributed by atoms with Crippen molar-refractivity contribution in [3.63, 3.8) is 0 Å². The van der Waals surface area contributed by atoms with Crippen LogP contribution >= 0.6 is 0 Å². The molecule has 34 heavy (non-hydrogen) atoms. The third-order valence-corrected chi connectivity index (χ3v) is 5.88. The molecule has 0 aliphatic carbocycles. The van der Waals surface area contributed by atoms with Crippen LogP contribution in [0.5, 0.6) is 5.75 Å². The summed E-state index contributed by atoms with van der Waals surface area (Å²) in [7, 11) is 1.66. The second kappa shape index (κ2) is 10.8. The molecule has 0 radical (unpaired) electrons. The molecule has 1 aromatic heterocycles. The zero-order valence-corrected chi connectivity index (χ0v) is 19.4. The minimum absolute atomic E-state index is 0.113. The van der Waals surface area contributed by atoms with Gasteiger partial charge in [0.2, 0.25) is 5.91 Å². The van der Waals surface area contributed by atoms with Gasteiger partial charge in [0.15, 0.2) is 0 Å². The zero-order chi connectivity index (χ0) is 23.9. The molecule has 0 aliphatic heterocycles. The molecule has 4 rings (SSSR count). The van der Waals surface area contributed by atoms with Gasteiger partial charge in [0.1, 0.15) is 11.6 Å². The summed E-state index contributed by atoms with van der Waals surface area (Å²) in [6, 6.07) is 20.5. The zero-order valence-electron chi connectivity index (χ0n) is 19.4. The summed E-state index contributed by atoms with van der Waals surface area (Å²) in [6.45, 7) is 2.67. The van der Waals surface area contributed by atoms with Gasteiger partial charge in [-0.2, -0.15) is 5.10 Å². The fourth-order valence-electron chi connectivity index (χ4n) is 4.04. The molecular weight excluding hydrogens is 429 g/mol. The van der Waals surface area contributed by atoms with Crippen molar-refractivity contribution in [2.24, 2.45) is 5.10 Å². The lowest BCUT2D eigenvalue weighted by Crippen LogP contribution is -2.17. The molecule has 0 saturated heterocycles. The molecule has 6 heteroatoms. The fraction of sp³-hybridized carbons (Fsp3) is 0.214. The topological polar surface area (TPSA) is 55.6 Å². The molecule has 1 amide bonds. The van der Waals surface area contributed by atoms with E-state index in [4.69, 9.17) is 4.74 Å². The number of halogens is 1. The second-order valence-electron chi connectivity index (χ2n) is 8.30. The summed E-state index contributed by atoms with van der Waals surface area (Å²) < 4.78 is 20.6. The van der Waals surface area contributed by atoms with Gasteiger partial charge in [0.05, 0.1) is 13.3 Å². The highest BCUT2D eigenvalue weighted by molar-refractivity contribution is 5.99. The number of ether oxygens (including phenoxy) is 1. The Bertz CT molecular complexity index is 1310. The number of benzene rings is 3. The van der Waals surface area contributed by atoms with Crippen LogP contribution in [0.2, 0.25) is 0 Å². The lowest BCUT2D eigenvalue weighted by atomic mass is 10.0. The normalized spacial score (nSPS) is 11.3. The standard InChI is InChI=1S/C28H28FN3O2/c1-20-16-25(34-2)15-12-22(20)6-5-9-28(33)31-30-17-23-19-32(27-8-4-3-7-26(23)27)18-21-10-13-24(29)14-11-21/h3-4,7-8,10-17,19H,5-6,9,18H2,1-2H3,(H,31,33)/b30-17-. The van der Waals surface area contributed by atoms with Crippen molar-refractivity contribution >= 4 is 23.0 Å². The number of hydrogen-bond acceptors (Lipinski definition) is 3. The Balaban J connectivity index is 1.36. The summed E-state index contributed by atoms with van der Waals surface area (Å²) in [4.78, 5) is 12.3. The van der Waals surface area contributed by atoms with Crippen LogP contribution in [0.3, 0.4) is 0 Å². The van der Waals surface area contributed by atoms with Crippen molar-refractivity contribution in [2.75, 3.05) is 7.11 Å². The van der Waals surface area contributed by atoms with E-state index in [1.165, 1.54) is 17.7 Å². The minimum atomic E-state index is -0.246. The van der Waals surface area contributed by atoms with Gasteiger partial charge in [0.25, 0.3) is 0 Å². The Kier molecular flexibility index (Phi) is 7.38. The van der Waals surface area contributed by atoms with E-state index in [0.717, 1.165) is 46.2 Å². The monoisotopic (exact) mass is 457 g/mol. The Labute approximate surface area is 198 Å². The van der Waals surface area contributed by atoms with Gasteiger partial charge >= 0.3 is 0 Å². The number of carbonyl (C=O) groups excluding carboxylic acids is 1. The van der Waals surface area contributed by atoms with Gasteiger partial charge in [-0.05, 0) is 66.8 Å². The van der Waals surface area contributed by atoms with E-state index in [9.17, 15) is 9.18 Å². The maximum Gasteiger partial charge on any atom is 0.240 e. The number of nitrogens with zero attached hydrogens (tertiary/aromatic N) is 2. The molecule has 3 aromatic carbocycles. The minimum Gasteiger partial charge on any atom is -0.497 e. The van der Waals surface area contributed by atoms with Gasteiger partial charge in [0, 0.05) is 35.6 Å². The van der Waals surface area contributed by atoms with Gasteiger partial charge in [-0.1, -0.05) is 36.4 Å². The largest absolute Gasteiger partial charge is 0.497 e. The van der Waals surface area contributed by atoms with Crippen LogP contribution < -0.4 is 10.2 Å². The van der Waals surface area contributed by atoms with E-state index < -0.39 is 0 Å². The number of hydrogen-bond donors (Lipinski definition) is 1. The van der Waals surface area contributed by atoms with Crippen LogP contribution in [0.1, 0.15) is 35.1 Å². The Morgan fingerprint density at radius 1 is 1.12 bits per heavy atom. The maximum atomic E-state index is 13.2. The molecule has 5 nitrogen and oxygen atoms in total. The highest BCUT2D eigenvalue weighted by atomic mass is 19.1. The van der Waals surface area contributed by atoms with Crippen LogP contribution in [0.25, 0.3) is 10.9 Å². The van der Waals surface area contributed by atoms with Crippen molar-refractivity contribution in [1.29, 1.82) is 0 Å². The van der Waals surface area contributed by atoms with Crippen LogP contribution in [0.4, 0.5) is 4.39 Å². The van der Waals surface area contributed by atoms with Crippen molar-refractivity contribution in [1.82, 2.24) is 9.99 Å². The van der Waals surface area contributed by atoms with Gasteiger partial charge < -0.3 is 9.30 Å². The van der Waals surface area contributed by atoms with Crippen LogP contribution in [0, 0.1) is 12.7 Å². The molecule has 0 unspecified atom stereocenters. The van der Waals surface area contributed by atoms with Gasteiger partial charge in [-0.3, -0.25) is 4.79 Å². The average Bonchev–Trinajstić information content (AvgIpc) is 3.19. The van der Waals surface area contributed by atoms with Crippen LogP contribution in [-0.4, -0.2) is 23.8 Å². The third-order valence-electron chi connectivity index (χ3n) is 5.88. The highest BCUT2D eigenvalue weighted by Gasteiger charge is 2.08. The van der Waals surface area contributed by atoms with E-state index in [0.29, 0.717) is 13.0 Å². The molecule has 1 heterocycles. The number of aryl methyl sites for hydroxylation is 2. The molecule has 0 bridgehead atoms. The average molecular weight is 458 g/mol. The first-order valence-electron chi connectivity index (χ1n) is 11.3. The molecule has 4 aromatic rings. The molecule has 174 valence electrons. The predicted octanol–water partition coefficient (Wildman–Crippen LogP) is 5.62. The van der Waals surface area contributed by atoms with E-state index in [1.54, 1.807) is 25.5 Å². The van der Waals surface area contributed by atoms with E-state index in [-0.39, 0.29) is 11.7 Å².